The Morgan fingerprint density at radius 2 is 1.11 bits per heavy atom. The molecule has 0 aliphatic heterocycles. The van der Waals surface area contributed by atoms with Crippen LogP contribution in [0.2, 0.25) is 0 Å². The van der Waals surface area contributed by atoms with E-state index in [1.807, 2.05) is 0 Å². The van der Waals surface area contributed by atoms with Crippen LogP contribution in [0.15, 0.2) is 168 Å². The molecule has 0 bridgehead atoms. The van der Waals surface area contributed by atoms with E-state index in [1.54, 1.807) is 0 Å². The molecule has 1 nitrogen and oxygen atoms in total. The highest BCUT2D eigenvalue weighted by atomic mass is 16.3. The van der Waals surface area contributed by atoms with Crippen molar-refractivity contribution in [3.05, 3.63) is 169 Å². The van der Waals surface area contributed by atoms with Crippen LogP contribution in [0.25, 0.3) is 87.6 Å². The largest absolute Gasteiger partial charge is 0.456 e. The molecule has 0 radical (unpaired) electrons. The first kappa shape index (κ1) is 26.3. The quantitative estimate of drug-likeness (QED) is 0.145. The van der Waals surface area contributed by atoms with Gasteiger partial charge in [-0.3, -0.25) is 0 Å². The first-order valence-corrected chi connectivity index (χ1v) is 16.5. The van der Waals surface area contributed by atoms with Crippen molar-refractivity contribution < 1.29 is 4.42 Å². The summed E-state index contributed by atoms with van der Waals surface area (Å²) in [6, 6.07) is 51.3. The molecular formula is C46H30O. The van der Waals surface area contributed by atoms with Gasteiger partial charge < -0.3 is 4.42 Å². The van der Waals surface area contributed by atoms with Crippen LogP contribution in [0.3, 0.4) is 0 Å². The Morgan fingerprint density at radius 3 is 1.83 bits per heavy atom. The van der Waals surface area contributed by atoms with E-state index in [1.165, 1.54) is 82.0 Å². The Hall–Kier alpha value is -5.92. The third kappa shape index (κ3) is 4.03. The first-order valence-electron chi connectivity index (χ1n) is 16.5. The fourth-order valence-electron chi connectivity index (χ4n) is 8.04. The molecule has 47 heavy (non-hydrogen) atoms. The number of furan rings is 1. The number of fused-ring (bicyclic) bond motifs is 2. The zero-order chi connectivity index (χ0) is 30.9. The Morgan fingerprint density at radius 1 is 0.468 bits per heavy atom. The maximum atomic E-state index is 6.36. The molecule has 8 aromatic carbocycles. The van der Waals surface area contributed by atoms with Gasteiger partial charge >= 0.3 is 0 Å². The van der Waals surface area contributed by atoms with Crippen molar-refractivity contribution in [1.82, 2.24) is 0 Å². The van der Waals surface area contributed by atoms with Crippen LogP contribution in [0, 0.1) is 0 Å². The van der Waals surface area contributed by atoms with E-state index in [2.05, 4.69) is 164 Å². The minimum Gasteiger partial charge on any atom is -0.456 e. The van der Waals surface area contributed by atoms with Crippen LogP contribution >= 0.6 is 0 Å². The SMILES string of the molecule is C1=CCC(c2cc(-c3ccccc3)cc(-c3c4ccccc4c(-c4cc5cccc6oc7cccc4c7c56)c4ccccc34)c2)C=C1. The molecule has 1 heterocycles. The highest BCUT2D eigenvalue weighted by Crippen LogP contribution is 2.49. The zero-order valence-corrected chi connectivity index (χ0v) is 25.8. The molecule has 0 spiro atoms. The number of benzene rings is 8. The van der Waals surface area contributed by atoms with Crippen molar-refractivity contribution in [2.45, 2.75) is 12.3 Å². The van der Waals surface area contributed by atoms with Crippen LogP contribution in [0.4, 0.5) is 0 Å². The lowest BCUT2D eigenvalue weighted by Crippen LogP contribution is -1.98. The summed E-state index contributed by atoms with van der Waals surface area (Å²) in [4.78, 5) is 0. The van der Waals surface area contributed by atoms with Crippen molar-refractivity contribution in [2.75, 3.05) is 0 Å². The van der Waals surface area contributed by atoms with Gasteiger partial charge in [-0.1, -0.05) is 140 Å². The summed E-state index contributed by atoms with van der Waals surface area (Å²) < 4.78 is 6.36. The molecule has 220 valence electrons. The summed E-state index contributed by atoms with van der Waals surface area (Å²) in [7, 11) is 0. The van der Waals surface area contributed by atoms with E-state index in [9.17, 15) is 0 Å². The maximum absolute atomic E-state index is 6.36. The standard InChI is InChI=1S/C46H30O/c1-3-13-29(14-4-1)32-25-33(30-15-5-2-6-16-30)27-34(26-32)43-35-18-7-9-20-37(35)45(38-21-10-8-19-36(38)43)40-28-31-17-11-23-41-44(31)46-39(40)22-12-24-42(46)47-41/h1-15,17-28,30H,16H2. The molecule has 0 saturated carbocycles. The van der Waals surface area contributed by atoms with Gasteiger partial charge in [0.2, 0.25) is 0 Å². The van der Waals surface area contributed by atoms with Crippen molar-refractivity contribution >= 4 is 54.3 Å². The highest BCUT2D eigenvalue weighted by molar-refractivity contribution is 6.29. The lowest BCUT2D eigenvalue weighted by molar-refractivity contribution is 0.669. The Balaban J connectivity index is 1.32. The molecule has 0 saturated heterocycles. The number of hydrogen-bond acceptors (Lipinski definition) is 1. The van der Waals surface area contributed by atoms with E-state index < -0.39 is 0 Å². The third-order valence-corrected chi connectivity index (χ3v) is 10.1. The second-order valence-electron chi connectivity index (χ2n) is 12.8. The average Bonchev–Trinajstić information content (AvgIpc) is 3.53. The first-order chi connectivity index (χ1) is 23.3. The highest BCUT2D eigenvalue weighted by Gasteiger charge is 2.22. The molecule has 1 aliphatic carbocycles. The van der Waals surface area contributed by atoms with Crippen LogP contribution in [-0.2, 0) is 0 Å². The molecule has 9 aromatic rings. The van der Waals surface area contributed by atoms with Gasteiger partial charge in [0.1, 0.15) is 11.2 Å². The monoisotopic (exact) mass is 598 g/mol. The Bertz CT molecular complexity index is 2650. The molecular weight excluding hydrogens is 569 g/mol. The van der Waals surface area contributed by atoms with Gasteiger partial charge in [0, 0.05) is 16.7 Å². The Kier molecular flexibility index (Phi) is 5.77. The van der Waals surface area contributed by atoms with Crippen molar-refractivity contribution in [3.8, 4) is 33.4 Å². The van der Waals surface area contributed by atoms with Crippen molar-refractivity contribution in [2.24, 2.45) is 0 Å². The van der Waals surface area contributed by atoms with Crippen molar-refractivity contribution in [1.29, 1.82) is 0 Å². The van der Waals surface area contributed by atoms with Gasteiger partial charge in [-0.2, -0.15) is 0 Å². The normalized spacial score (nSPS) is 14.8. The van der Waals surface area contributed by atoms with Gasteiger partial charge in [0.25, 0.3) is 0 Å². The van der Waals surface area contributed by atoms with Crippen LogP contribution in [0.1, 0.15) is 17.9 Å². The van der Waals surface area contributed by atoms with Crippen LogP contribution < -0.4 is 0 Å². The maximum Gasteiger partial charge on any atom is 0.136 e. The van der Waals surface area contributed by atoms with Crippen molar-refractivity contribution in [3.63, 3.8) is 0 Å². The summed E-state index contributed by atoms with van der Waals surface area (Å²) in [5, 5.41) is 9.91. The number of rotatable bonds is 4. The summed E-state index contributed by atoms with van der Waals surface area (Å²) >= 11 is 0. The van der Waals surface area contributed by atoms with Gasteiger partial charge in [-0.05, 0) is 102 Å². The predicted molar refractivity (Wildman–Crippen MR) is 199 cm³/mol. The average molecular weight is 599 g/mol. The number of allylic oxidation sites excluding steroid dienone is 4. The molecule has 0 fully saturated rings. The van der Waals surface area contributed by atoms with E-state index in [-0.39, 0.29) is 0 Å². The topological polar surface area (TPSA) is 13.1 Å². The molecule has 0 amide bonds. The molecule has 1 heteroatoms. The van der Waals surface area contributed by atoms with Crippen LogP contribution in [-0.4, -0.2) is 0 Å². The third-order valence-electron chi connectivity index (χ3n) is 10.1. The molecule has 1 aliphatic rings. The fraction of sp³-hybridized carbons (Fsp3) is 0.0435. The van der Waals surface area contributed by atoms with E-state index in [4.69, 9.17) is 4.42 Å². The second-order valence-corrected chi connectivity index (χ2v) is 12.8. The minimum absolute atomic E-state index is 0.346. The van der Waals surface area contributed by atoms with Gasteiger partial charge in [0.15, 0.2) is 0 Å². The summed E-state index contributed by atoms with van der Waals surface area (Å²) in [6.45, 7) is 0. The molecule has 1 aromatic heterocycles. The second kappa shape index (κ2) is 10.3. The summed E-state index contributed by atoms with van der Waals surface area (Å²) in [5.74, 6) is 0.346. The van der Waals surface area contributed by atoms with Crippen LogP contribution in [0.5, 0.6) is 0 Å². The molecule has 10 rings (SSSR count). The zero-order valence-electron chi connectivity index (χ0n) is 25.8. The van der Waals surface area contributed by atoms with Gasteiger partial charge in [0.05, 0.1) is 0 Å². The van der Waals surface area contributed by atoms with Gasteiger partial charge in [-0.15, -0.1) is 0 Å². The van der Waals surface area contributed by atoms with E-state index in [0.717, 1.165) is 17.6 Å². The summed E-state index contributed by atoms with van der Waals surface area (Å²) in [6.07, 6.45) is 9.98. The van der Waals surface area contributed by atoms with E-state index in [0.29, 0.717) is 5.92 Å². The molecule has 1 unspecified atom stereocenters. The predicted octanol–water partition coefficient (Wildman–Crippen LogP) is 13.1. The lowest BCUT2D eigenvalue weighted by Gasteiger charge is -2.21. The molecule has 0 N–H and O–H groups in total. The minimum atomic E-state index is 0.346. The number of hydrogen-bond donors (Lipinski definition) is 0. The smallest absolute Gasteiger partial charge is 0.136 e. The Labute approximate surface area is 273 Å². The lowest BCUT2D eigenvalue weighted by atomic mass is 9.82. The molecule has 1 atom stereocenters. The van der Waals surface area contributed by atoms with E-state index >= 15 is 0 Å². The summed E-state index contributed by atoms with van der Waals surface area (Å²) in [5.41, 5.74) is 10.8. The van der Waals surface area contributed by atoms with Gasteiger partial charge in [-0.25, -0.2) is 0 Å². The fourth-order valence-corrected chi connectivity index (χ4v) is 8.04.